The molecule has 3 aromatic rings. The SMILES string of the molecule is COCCn1cc(Nc2ncnc3nc[nH]c23)cn1. The average Bonchev–Trinajstić information content (AvgIpc) is 3.05. The number of nitrogens with zero attached hydrogens (tertiary/aromatic N) is 5. The lowest BCUT2D eigenvalue weighted by Gasteiger charge is -2.02. The van der Waals surface area contributed by atoms with Crippen molar-refractivity contribution in [2.45, 2.75) is 6.54 Å². The maximum absolute atomic E-state index is 5.01. The molecule has 0 saturated heterocycles. The Balaban J connectivity index is 1.81. The number of nitrogens with one attached hydrogen (secondary N) is 2. The maximum Gasteiger partial charge on any atom is 0.182 e. The van der Waals surface area contributed by atoms with Crippen LogP contribution in [0.1, 0.15) is 0 Å². The summed E-state index contributed by atoms with van der Waals surface area (Å²) in [5.74, 6) is 0.675. The number of aromatic amines is 1. The van der Waals surface area contributed by atoms with Gasteiger partial charge in [0.15, 0.2) is 11.5 Å². The van der Waals surface area contributed by atoms with Crippen LogP contribution in [-0.2, 0) is 11.3 Å². The Hall–Kier alpha value is -2.48. The molecule has 3 heterocycles. The number of anilines is 2. The van der Waals surface area contributed by atoms with Crippen molar-refractivity contribution in [3.05, 3.63) is 25.0 Å². The fourth-order valence-corrected chi connectivity index (χ4v) is 1.73. The van der Waals surface area contributed by atoms with Crippen molar-refractivity contribution < 1.29 is 4.74 Å². The first kappa shape index (κ1) is 11.6. The first-order chi connectivity index (χ1) is 9.36. The molecule has 8 nitrogen and oxygen atoms in total. The lowest BCUT2D eigenvalue weighted by Crippen LogP contribution is -2.04. The van der Waals surface area contributed by atoms with Gasteiger partial charge in [-0.1, -0.05) is 0 Å². The van der Waals surface area contributed by atoms with Crippen molar-refractivity contribution in [3.8, 4) is 0 Å². The van der Waals surface area contributed by atoms with Crippen molar-refractivity contribution in [1.82, 2.24) is 29.7 Å². The molecule has 8 heteroatoms. The molecule has 0 radical (unpaired) electrons. The smallest absolute Gasteiger partial charge is 0.182 e. The van der Waals surface area contributed by atoms with Crippen molar-refractivity contribution in [1.29, 1.82) is 0 Å². The number of ether oxygens (including phenoxy) is 1. The number of methoxy groups -OCH3 is 1. The van der Waals surface area contributed by atoms with E-state index in [0.717, 1.165) is 11.2 Å². The van der Waals surface area contributed by atoms with Crippen molar-refractivity contribution in [2.75, 3.05) is 19.0 Å². The van der Waals surface area contributed by atoms with E-state index in [1.807, 2.05) is 6.20 Å². The molecular weight excluding hydrogens is 246 g/mol. The maximum atomic E-state index is 5.01. The number of hydrogen-bond donors (Lipinski definition) is 2. The largest absolute Gasteiger partial charge is 0.383 e. The summed E-state index contributed by atoms with van der Waals surface area (Å²) < 4.78 is 6.81. The van der Waals surface area contributed by atoms with Gasteiger partial charge in [-0.2, -0.15) is 5.10 Å². The van der Waals surface area contributed by atoms with Gasteiger partial charge in [-0.05, 0) is 0 Å². The average molecular weight is 259 g/mol. The van der Waals surface area contributed by atoms with Gasteiger partial charge in [0.25, 0.3) is 0 Å². The van der Waals surface area contributed by atoms with E-state index in [1.54, 1.807) is 24.3 Å². The summed E-state index contributed by atoms with van der Waals surface area (Å²) >= 11 is 0. The number of hydrogen-bond acceptors (Lipinski definition) is 6. The Morgan fingerprint density at radius 3 is 3.21 bits per heavy atom. The summed E-state index contributed by atoms with van der Waals surface area (Å²) in [5.41, 5.74) is 2.25. The first-order valence-electron chi connectivity index (χ1n) is 5.79. The van der Waals surface area contributed by atoms with Crippen LogP contribution < -0.4 is 5.32 Å². The highest BCUT2D eigenvalue weighted by Crippen LogP contribution is 2.19. The molecule has 0 fully saturated rings. The molecule has 0 aromatic carbocycles. The van der Waals surface area contributed by atoms with Gasteiger partial charge in [0, 0.05) is 13.3 Å². The predicted molar refractivity (Wildman–Crippen MR) is 69.1 cm³/mol. The molecule has 0 aliphatic heterocycles. The number of aromatic nitrogens is 6. The number of fused-ring (bicyclic) bond motifs is 1. The Morgan fingerprint density at radius 2 is 2.32 bits per heavy atom. The van der Waals surface area contributed by atoms with E-state index < -0.39 is 0 Å². The molecule has 0 saturated carbocycles. The lowest BCUT2D eigenvalue weighted by atomic mass is 10.4. The third-order valence-electron chi connectivity index (χ3n) is 2.64. The second-order valence-corrected chi connectivity index (χ2v) is 3.93. The highest BCUT2D eigenvalue weighted by Gasteiger charge is 2.07. The Bertz CT molecular complexity index is 674. The molecule has 3 rings (SSSR count). The van der Waals surface area contributed by atoms with Gasteiger partial charge in [0.1, 0.15) is 11.8 Å². The second kappa shape index (κ2) is 5.02. The third kappa shape index (κ3) is 2.38. The van der Waals surface area contributed by atoms with E-state index in [2.05, 4.69) is 30.4 Å². The van der Waals surface area contributed by atoms with E-state index in [4.69, 9.17) is 4.74 Å². The normalized spacial score (nSPS) is 11.0. The van der Waals surface area contributed by atoms with Gasteiger partial charge in [0.05, 0.1) is 31.4 Å². The zero-order valence-corrected chi connectivity index (χ0v) is 10.4. The second-order valence-electron chi connectivity index (χ2n) is 3.93. The first-order valence-corrected chi connectivity index (χ1v) is 5.79. The van der Waals surface area contributed by atoms with Crippen LogP contribution >= 0.6 is 0 Å². The Morgan fingerprint density at radius 1 is 1.37 bits per heavy atom. The molecular formula is C11H13N7O. The molecule has 0 atom stereocenters. The summed E-state index contributed by atoms with van der Waals surface area (Å²) in [4.78, 5) is 15.3. The van der Waals surface area contributed by atoms with Gasteiger partial charge < -0.3 is 15.0 Å². The zero-order chi connectivity index (χ0) is 13.1. The van der Waals surface area contributed by atoms with Crippen molar-refractivity contribution in [2.24, 2.45) is 0 Å². The number of rotatable bonds is 5. The highest BCUT2D eigenvalue weighted by atomic mass is 16.5. The molecule has 3 aromatic heterocycles. The molecule has 98 valence electrons. The molecule has 2 N–H and O–H groups in total. The van der Waals surface area contributed by atoms with E-state index in [0.29, 0.717) is 24.6 Å². The van der Waals surface area contributed by atoms with Crippen LogP contribution in [0, 0.1) is 0 Å². The van der Waals surface area contributed by atoms with Crippen LogP contribution in [0.25, 0.3) is 11.2 Å². The number of imidazole rings is 1. The van der Waals surface area contributed by atoms with Gasteiger partial charge in [-0.25, -0.2) is 15.0 Å². The van der Waals surface area contributed by atoms with Crippen LogP contribution in [0.4, 0.5) is 11.5 Å². The molecule has 0 amide bonds. The van der Waals surface area contributed by atoms with Crippen molar-refractivity contribution in [3.63, 3.8) is 0 Å². The molecule has 0 spiro atoms. The molecule has 0 aliphatic carbocycles. The fourth-order valence-electron chi connectivity index (χ4n) is 1.73. The topological polar surface area (TPSA) is 93.5 Å². The van der Waals surface area contributed by atoms with E-state index in [-0.39, 0.29) is 0 Å². The molecule has 0 aliphatic rings. The standard InChI is InChI=1S/C11H13N7O/c1-19-3-2-18-5-8(4-16-18)17-11-9-10(13-6-12-9)14-7-15-11/h4-7H,2-3H2,1H3,(H2,12,13,14,15,17). The Labute approximate surface area is 108 Å². The summed E-state index contributed by atoms with van der Waals surface area (Å²) in [6, 6.07) is 0. The van der Waals surface area contributed by atoms with Gasteiger partial charge in [-0.15, -0.1) is 0 Å². The summed E-state index contributed by atoms with van der Waals surface area (Å²) in [5, 5.41) is 7.41. The molecule has 19 heavy (non-hydrogen) atoms. The molecule has 0 unspecified atom stereocenters. The summed E-state index contributed by atoms with van der Waals surface area (Å²) in [6.45, 7) is 1.33. The van der Waals surface area contributed by atoms with Crippen LogP contribution in [0.5, 0.6) is 0 Å². The minimum Gasteiger partial charge on any atom is -0.383 e. The van der Waals surface area contributed by atoms with E-state index in [9.17, 15) is 0 Å². The van der Waals surface area contributed by atoms with Crippen LogP contribution in [-0.4, -0.2) is 43.4 Å². The van der Waals surface area contributed by atoms with Crippen LogP contribution in [0.3, 0.4) is 0 Å². The Kier molecular flexibility index (Phi) is 3.07. The number of H-pyrrole nitrogens is 1. The van der Waals surface area contributed by atoms with E-state index in [1.165, 1.54) is 6.33 Å². The van der Waals surface area contributed by atoms with Crippen LogP contribution in [0.2, 0.25) is 0 Å². The quantitative estimate of drug-likeness (QED) is 0.708. The predicted octanol–water partition coefficient (Wildman–Crippen LogP) is 0.939. The minimum atomic E-state index is 0.624. The summed E-state index contributed by atoms with van der Waals surface area (Å²) in [6.07, 6.45) is 6.69. The third-order valence-corrected chi connectivity index (χ3v) is 2.64. The van der Waals surface area contributed by atoms with Gasteiger partial charge in [0.2, 0.25) is 0 Å². The van der Waals surface area contributed by atoms with Gasteiger partial charge >= 0.3 is 0 Å². The highest BCUT2D eigenvalue weighted by molar-refractivity contribution is 5.84. The van der Waals surface area contributed by atoms with Gasteiger partial charge in [-0.3, -0.25) is 4.68 Å². The molecule has 0 bridgehead atoms. The van der Waals surface area contributed by atoms with Crippen molar-refractivity contribution >= 4 is 22.7 Å². The van der Waals surface area contributed by atoms with E-state index >= 15 is 0 Å². The lowest BCUT2D eigenvalue weighted by molar-refractivity contribution is 0.183. The zero-order valence-electron chi connectivity index (χ0n) is 10.4. The minimum absolute atomic E-state index is 0.624. The van der Waals surface area contributed by atoms with Crippen LogP contribution in [0.15, 0.2) is 25.0 Å². The monoisotopic (exact) mass is 259 g/mol. The summed E-state index contributed by atoms with van der Waals surface area (Å²) in [7, 11) is 1.67. The fraction of sp³-hybridized carbons (Fsp3) is 0.273.